The van der Waals surface area contributed by atoms with Gasteiger partial charge in [0.2, 0.25) is 0 Å². The molecule has 0 saturated heterocycles. The predicted molar refractivity (Wildman–Crippen MR) is 250 cm³/mol. The SMILES string of the molecule is CCc1ccccc1N(C)CC=Nc1cc(OCCCCCOc2cc(NC(=O)OCc3ccc(NC)cc3)c(C(=O)N3c4ccccc4C[C@H]3C)cc2OC)c(OC)cc1C=O. The minimum atomic E-state index is -0.717. The van der Waals surface area contributed by atoms with Crippen LogP contribution in [0.5, 0.6) is 23.0 Å². The largest absolute Gasteiger partial charge is 0.493 e. The van der Waals surface area contributed by atoms with Crippen LogP contribution in [-0.2, 0) is 24.2 Å². The predicted octanol–water partition coefficient (Wildman–Crippen LogP) is 9.93. The van der Waals surface area contributed by atoms with E-state index in [0.29, 0.717) is 73.3 Å². The van der Waals surface area contributed by atoms with E-state index >= 15 is 0 Å². The molecule has 13 heteroatoms. The van der Waals surface area contributed by atoms with Gasteiger partial charge >= 0.3 is 6.09 Å². The number of rotatable bonds is 21. The zero-order valence-corrected chi connectivity index (χ0v) is 36.9. The number of anilines is 4. The number of nitrogens with zero attached hydrogens (tertiary/aromatic N) is 3. The second-order valence-electron chi connectivity index (χ2n) is 15.2. The van der Waals surface area contributed by atoms with E-state index in [9.17, 15) is 14.4 Å². The molecular weight excluding hydrogens is 799 g/mol. The van der Waals surface area contributed by atoms with Gasteiger partial charge in [-0.25, -0.2) is 4.79 Å². The molecule has 0 radical (unpaired) electrons. The molecule has 5 aromatic carbocycles. The van der Waals surface area contributed by atoms with Crippen LogP contribution < -0.4 is 39.4 Å². The molecule has 2 N–H and O–H groups in total. The van der Waals surface area contributed by atoms with Gasteiger partial charge in [-0.1, -0.05) is 55.5 Å². The van der Waals surface area contributed by atoms with Gasteiger partial charge in [-0.15, -0.1) is 0 Å². The number of amides is 2. The second-order valence-corrected chi connectivity index (χ2v) is 15.2. The Kier molecular flexibility index (Phi) is 16.0. The van der Waals surface area contributed by atoms with Gasteiger partial charge in [0, 0.05) is 61.1 Å². The summed E-state index contributed by atoms with van der Waals surface area (Å²) >= 11 is 0. The first-order valence-electron chi connectivity index (χ1n) is 21.3. The normalized spacial score (nSPS) is 13.0. The second kappa shape index (κ2) is 22.2. The molecule has 0 bridgehead atoms. The average Bonchev–Trinajstić information content (AvgIpc) is 3.65. The van der Waals surface area contributed by atoms with Crippen LogP contribution >= 0.6 is 0 Å². The first-order chi connectivity index (χ1) is 30.7. The molecule has 0 spiro atoms. The molecule has 0 aliphatic carbocycles. The molecule has 0 fully saturated rings. The Labute approximate surface area is 370 Å². The van der Waals surface area contributed by atoms with Crippen molar-refractivity contribution in [2.75, 3.05) is 68.5 Å². The van der Waals surface area contributed by atoms with E-state index in [2.05, 4.69) is 39.6 Å². The van der Waals surface area contributed by atoms with Crippen LogP contribution in [0.1, 0.15) is 70.5 Å². The minimum absolute atomic E-state index is 0.0393. The van der Waals surface area contributed by atoms with Crippen LogP contribution in [0.4, 0.5) is 33.2 Å². The molecule has 2 amide bonds. The number of methoxy groups -OCH3 is 2. The number of unbranched alkanes of at least 4 members (excludes halogenated alkanes) is 2. The Bertz CT molecular complexity index is 2380. The van der Waals surface area contributed by atoms with Crippen molar-refractivity contribution in [1.29, 1.82) is 0 Å². The molecule has 0 saturated carbocycles. The Morgan fingerprint density at radius 3 is 2.24 bits per heavy atom. The van der Waals surface area contributed by atoms with Gasteiger partial charge in [0.15, 0.2) is 29.3 Å². The highest BCUT2D eigenvalue weighted by Crippen LogP contribution is 2.39. The number of fused-ring (bicyclic) bond motifs is 1. The first-order valence-corrected chi connectivity index (χ1v) is 21.3. The number of hydrogen-bond acceptors (Lipinski definition) is 11. The Morgan fingerprint density at radius 2 is 1.54 bits per heavy atom. The van der Waals surface area contributed by atoms with E-state index < -0.39 is 6.09 Å². The molecular formula is C50H57N5O8. The van der Waals surface area contributed by atoms with Crippen LogP contribution in [0.3, 0.4) is 0 Å². The van der Waals surface area contributed by atoms with E-state index in [1.165, 1.54) is 19.8 Å². The minimum Gasteiger partial charge on any atom is -0.493 e. The molecule has 63 heavy (non-hydrogen) atoms. The Morgan fingerprint density at radius 1 is 0.857 bits per heavy atom. The standard InChI is InChI=1S/C50H57N5O8/c1-7-36-15-9-11-17-43(36)54(4)24-23-52-41-30-47(45(59-5)28-38(41)32-56)61-25-13-8-14-26-62-48-31-42(53-50(58)63-33-35-19-21-39(51-3)22-20-35)40(29-46(48)60-6)49(57)55-34(2)27-37-16-10-12-18-44(37)55/h9-12,15-23,28-32,34,51H,7-8,13-14,24-27,33H2,1-6H3,(H,53,58)/t34-/m1/s1. The number of benzene rings is 5. The number of nitrogens with one attached hydrogen (secondary N) is 2. The molecule has 1 aliphatic heterocycles. The maximum atomic E-state index is 14.3. The Balaban J connectivity index is 1.08. The van der Waals surface area contributed by atoms with Crippen molar-refractivity contribution in [1.82, 2.24) is 0 Å². The monoisotopic (exact) mass is 855 g/mol. The number of carbonyl (C=O) groups excluding carboxylic acids is 3. The third kappa shape index (κ3) is 11.5. The van der Waals surface area contributed by atoms with Gasteiger partial charge in [0.25, 0.3) is 5.91 Å². The van der Waals surface area contributed by atoms with Gasteiger partial charge in [0.1, 0.15) is 6.61 Å². The topological polar surface area (TPSA) is 140 Å². The molecule has 0 unspecified atom stereocenters. The van der Waals surface area contributed by atoms with Crippen LogP contribution in [-0.4, -0.2) is 78.6 Å². The third-order valence-corrected chi connectivity index (χ3v) is 10.9. The summed E-state index contributed by atoms with van der Waals surface area (Å²) in [6.45, 7) is 5.45. The zero-order valence-electron chi connectivity index (χ0n) is 36.9. The van der Waals surface area contributed by atoms with Crippen molar-refractivity contribution in [3.8, 4) is 23.0 Å². The molecule has 0 aromatic heterocycles. The zero-order chi connectivity index (χ0) is 44.7. The van der Waals surface area contributed by atoms with Crippen LogP contribution in [0.2, 0.25) is 0 Å². The summed E-state index contributed by atoms with van der Waals surface area (Å²) in [6, 6.07) is 30.1. The van der Waals surface area contributed by atoms with Crippen LogP contribution in [0.15, 0.2) is 102 Å². The van der Waals surface area contributed by atoms with Crippen molar-refractivity contribution in [3.05, 3.63) is 125 Å². The van der Waals surface area contributed by atoms with Crippen molar-refractivity contribution in [2.45, 2.75) is 58.6 Å². The number of hydrogen-bond donors (Lipinski definition) is 2. The van der Waals surface area contributed by atoms with Crippen LogP contribution in [0, 0.1) is 0 Å². The number of aryl methyl sites for hydroxylation is 1. The lowest BCUT2D eigenvalue weighted by Crippen LogP contribution is -2.36. The Hall–Kier alpha value is -7.02. The third-order valence-electron chi connectivity index (χ3n) is 10.9. The van der Waals surface area contributed by atoms with E-state index in [-0.39, 0.29) is 29.8 Å². The smallest absolute Gasteiger partial charge is 0.411 e. The molecule has 5 aromatic rings. The lowest BCUT2D eigenvalue weighted by Gasteiger charge is -2.25. The number of para-hydroxylation sites is 2. The maximum absolute atomic E-state index is 14.3. The average molecular weight is 856 g/mol. The summed E-state index contributed by atoms with van der Waals surface area (Å²) in [5.74, 6) is 1.38. The van der Waals surface area contributed by atoms with E-state index in [1.54, 1.807) is 35.4 Å². The quantitative estimate of drug-likeness (QED) is 0.0416. The highest BCUT2D eigenvalue weighted by atomic mass is 16.5. The first kappa shape index (κ1) is 45.5. The summed E-state index contributed by atoms with van der Waals surface area (Å²) < 4.78 is 29.2. The fourth-order valence-electron chi connectivity index (χ4n) is 7.51. The lowest BCUT2D eigenvalue weighted by molar-refractivity contribution is 0.0981. The van der Waals surface area contributed by atoms with E-state index in [1.807, 2.05) is 81.7 Å². The van der Waals surface area contributed by atoms with Crippen LogP contribution in [0.25, 0.3) is 0 Å². The molecule has 1 aliphatic rings. The summed E-state index contributed by atoms with van der Waals surface area (Å²) in [5.41, 5.74) is 7.42. The number of aldehydes is 1. The molecule has 6 rings (SSSR count). The summed E-state index contributed by atoms with van der Waals surface area (Å²) in [7, 11) is 6.90. The van der Waals surface area contributed by atoms with Gasteiger partial charge < -0.3 is 38.8 Å². The summed E-state index contributed by atoms with van der Waals surface area (Å²) in [5, 5.41) is 5.87. The fourth-order valence-corrected chi connectivity index (χ4v) is 7.51. The highest BCUT2D eigenvalue weighted by Gasteiger charge is 2.33. The van der Waals surface area contributed by atoms with E-state index in [0.717, 1.165) is 47.3 Å². The molecule has 1 atom stereocenters. The summed E-state index contributed by atoms with van der Waals surface area (Å²) in [4.78, 5) is 48.0. The highest BCUT2D eigenvalue weighted by molar-refractivity contribution is 6.12. The maximum Gasteiger partial charge on any atom is 0.411 e. The lowest BCUT2D eigenvalue weighted by atomic mass is 10.1. The number of aliphatic imine (C=N–C) groups is 1. The van der Waals surface area contributed by atoms with Gasteiger partial charge in [-0.05, 0) is 92.1 Å². The van der Waals surface area contributed by atoms with Gasteiger partial charge in [0.05, 0.1) is 50.9 Å². The summed E-state index contributed by atoms with van der Waals surface area (Å²) in [6.07, 6.45) is 5.62. The number of carbonyl (C=O) groups is 3. The van der Waals surface area contributed by atoms with Crippen molar-refractivity contribution < 1.29 is 38.1 Å². The van der Waals surface area contributed by atoms with Gasteiger partial charge in [-0.2, -0.15) is 0 Å². The van der Waals surface area contributed by atoms with Crippen molar-refractivity contribution in [3.63, 3.8) is 0 Å². The van der Waals surface area contributed by atoms with Crippen molar-refractivity contribution >= 4 is 52.9 Å². The van der Waals surface area contributed by atoms with E-state index in [4.69, 9.17) is 23.7 Å². The molecule has 1 heterocycles. The molecule has 330 valence electrons. The fraction of sp³-hybridized carbons (Fsp3) is 0.320. The number of ether oxygens (including phenoxy) is 5. The molecule has 13 nitrogen and oxygen atoms in total. The van der Waals surface area contributed by atoms with Gasteiger partial charge in [-0.3, -0.25) is 19.9 Å². The van der Waals surface area contributed by atoms with Crippen molar-refractivity contribution in [2.24, 2.45) is 4.99 Å².